The number of nitrogens with zero attached hydrogens (tertiary/aromatic N) is 3. The van der Waals surface area contributed by atoms with Crippen molar-refractivity contribution in [1.29, 1.82) is 0 Å². The molecule has 4 fully saturated rings. The lowest BCUT2D eigenvalue weighted by Crippen LogP contribution is -2.50. The molecule has 4 atom stereocenters. The number of rotatable bonds is 7. The molecular formula is C38H55F2N3O5. The lowest BCUT2D eigenvalue weighted by molar-refractivity contribution is -0.144. The van der Waals surface area contributed by atoms with E-state index >= 15 is 4.39 Å². The minimum Gasteiger partial charge on any atom is -0.497 e. The van der Waals surface area contributed by atoms with Gasteiger partial charge in [0.1, 0.15) is 11.6 Å². The van der Waals surface area contributed by atoms with E-state index in [-0.39, 0.29) is 36.0 Å². The molecule has 1 aliphatic carbocycles. The number of carboxylic acids is 1. The average molecular weight is 672 g/mol. The van der Waals surface area contributed by atoms with Gasteiger partial charge in [-0.25, -0.2) is 8.78 Å². The molecule has 1 amide bonds. The highest BCUT2D eigenvalue weighted by Crippen LogP contribution is 2.43. The summed E-state index contributed by atoms with van der Waals surface area (Å²) in [6.07, 6.45) is 5.60. The molecule has 4 aliphatic rings. The van der Waals surface area contributed by atoms with Crippen molar-refractivity contribution in [2.24, 2.45) is 17.8 Å². The van der Waals surface area contributed by atoms with E-state index in [0.717, 1.165) is 36.4 Å². The van der Waals surface area contributed by atoms with E-state index in [1.54, 1.807) is 25.2 Å². The molecule has 0 spiro atoms. The first-order valence-corrected chi connectivity index (χ1v) is 17.6. The van der Waals surface area contributed by atoms with E-state index in [2.05, 4.69) is 21.5 Å². The van der Waals surface area contributed by atoms with Crippen LogP contribution in [0.15, 0.2) is 48.5 Å². The zero-order valence-corrected chi connectivity index (χ0v) is 29.4. The number of alkyl halides is 1. The minimum absolute atomic E-state index is 0.0204. The van der Waals surface area contributed by atoms with Gasteiger partial charge in [-0.15, -0.1) is 0 Å². The van der Waals surface area contributed by atoms with Crippen LogP contribution >= 0.6 is 0 Å². The Balaban J connectivity index is 0.000000367. The molecule has 0 radical (unpaired) electrons. The number of likely N-dealkylation sites (tertiary alicyclic amines) is 2. The van der Waals surface area contributed by atoms with Crippen molar-refractivity contribution in [3.8, 4) is 5.75 Å². The molecule has 1 saturated carbocycles. The van der Waals surface area contributed by atoms with Crippen LogP contribution in [0.4, 0.5) is 14.5 Å². The second-order valence-electron chi connectivity index (χ2n) is 13.8. The molecule has 3 aliphatic heterocycles. The molecule has 8 nitrogen and oxygen atoms in total. The largest absolute Gasteiger partial charge is 0.497 e. The van der Waals surface area contributed by atoms with Gasteiger partial charge in [-0.3, -0.25) is 14.5 Å². The first-order valence-electron chi connectivity index (χ1n) is 17.6. The second kappa shape index (κ2) is 17.4. The molecule has 10 heteroatoms. The van der Waals surface area contributed by atoms with Gasteiger partial charge in [-0.05, 0) is 68.4 Å². The maximum atomic E-state index is 16.3. The zero-order valence-electron chi connectivity index (χ0n) is 29.4. The van der Waals surface area contributed by atoms with Crippen molar-refractivity contribution in [2.75, 3.05) is 65.0 Å². The Labute approximate surface area is 285 Å². The van der Waals surface area contributed by atoms with E-state index in [0.29, 0.717) is 51.6 Å². The molecule has 48 heavy (non-hydrogen) atoms. The van der Waals surface area contributed by atoms with Crippen molar-refractivity contribution in [3.63, 3.8) is 0 Å². The summed E-state index contributed by atoms with van der Waals surface area (Å²) in [5.41, 5.74) is -0.115. The molecule has 1 unspecified atom stereocenters. The third-order valence-electron chi connectivity index (χ3n) is 10.7. The SMILES string of the molecule is CCOC.COc1ccccc1.C[C@@H]1CN(C2CCCC2)C[C@@]1(F)C(=O)N1CC(c2ccc(F)cc2N2CCC(C(=O)O)CC2)[C@@H](C)C1. The predicted octanol–water partition coefficient (Wildman–Crippen LogP) is 6.64. The van der Waals surface area contributed by atoms with Crippen LogP contribution in [-0.4, -0.2) is 98.6 Å². The monoisotopic (exact) mass is 671 g/mol. The van der Waals surface area contributed by atoms with Crippen molar-refractivity contribution in [3.05, 3.63) is 59.9 Å². The summed E-state index contributed by atoms with van der Waals surface area (Å²) in [5.74, 6) is -1.20. The van der Waals surface area contributed by atoms with Gasteiger partial charge in [0, 0.05) is 76.6 Å². The number of amides is 1. The van der Waals surface area contributed by atoms with E-state index in [4.69, 9.17) is 4.74 Å². The number of para-hydroxylation sites is 1. The van der Waals surface area contributed by atoms with Crippen LogP contribution in [0.25, 0.3) is 0 Å². The van der Waals surface area contributed by atoms with E-state index in [1.807, 2.05) is 44.2 Å². The van der Waals surface area contributed by atoms with Crippen molar-refractivity contribution < 1.29 is 33.0 Å². The lowest BCUT2D eigenvalue weighted by atomic mass is 9.88. The lowest BCUT2D eigenvalue weighted by Gasteiger charge is -2.34. The number of carboxylic acid groups (broad SMARTS) is 1. The fraction of sp³-hybridized carbons (Fsp3) is 0.632. The highest BCUT2D eigenvalue weighted by Gasteiger charge is 2.55. The maximum Gasteiger partial charge on any atom is 0.306 e. The van der Waals surface area contributed by atoms with Gasteiger partial charge in [0.25, 0.3) is 5.91 Å². The number of methoxy groups -OCH3 is 2. The molecule has 1 N–H and O–H groups in total. The van der Waals surface area contributed by atoms with Crippen LogP contribution in [0.3, 0.4) is 0 Å². The van der Waals surface area contributed by atoms with E-state index < -0.39 is 17.5 Å². The molecule has 0 bridgehead atoms. The maximum absolute atomic E-state index is 16.3. The molecule has 3 heterocycles. The first kappa shape index (κ1) is 37.6. The number of halogens is 2. The van der Waals surface area contributed by atoms with Gasteiger partial charge >= 0.3 is 5.97 Å². The third-order valence-corrected chi connectivity index (χ3v) is 10.7. The average Bonchev–Trinajstić information content (AvgIpc) is 3.85. The predicted molar refractivity (Wildman–Crippen MR) is 185 cm³/mol. The van der Waals surface area contributed by atoms with Gasteiger partial charge in [0.2, 0.25) is 5.67 Å². The van der Waals surface area contributed by atoms with Gasteiger partial charge in [-0.2, -0.15) is 0 Å². The number of hydrogen-bond acceptors (Lipinski definition) is 6. The number of anilines is 1. The van der Waals surface area contributed by atoms with Crippen molar-refractivity contribution in [1.82, 2.24) is 9.80 Å². The number of aliphatic carboxylic acids is 1. The second-order valence-corrected chi connectivity index (χ2v) is 13.8. The smallest absolute Gasteiger partial charge is 0.306 e. The molecule has 6 rings (SSSR count). The first-order chi connectivity index (χ1) is 23.0. The van der Waals surface area contributed by atoms with Crippen LogP contribution in [0.1, 0.15) is 70.8 Å². The molecule has 2 aromatic carbocycles. The summed E-state index contributed by atoms with van der Waals surface area (Å²) >= 11 is 0. The van der Waals surface area contributed by atoms with Crippen LogP contribution in [0, 0.1) is 23.6 Å². The van der Waals surface area contributed by atoms with Crippen molar-refractivity contribution in [2.45, 2.75) is 76.9 Å². The number of carbonyl (C=O) groups excluding carboxylic acids is 1. The highest BCUT2D eigenvalue weighted by atomic mass is 19.1. The van der Waals surface area contributed by atoms with Gasteiger partial charge in [0.05, 0.1) is 13.0 Å². The number of carbonyl (C=O) groups is 2. The van der Waals surface area contributed by atoms with E-state index in [1.165, 1.54) is 25.0 Å². The Bertz CT molecular complexity index is 1320. The summed E-state index contributed by atoms with van der Waals surface area (Å²) in [6.45, 7) is 9.56. The van der Waals surface area contributed by atoms with Gasteiger partial charge < -0.3 is 24.4 Å². The molecule has 266 valence electrons. The molecule has 0 aromatic heterocycles. The van der Waals surface area contributed by atoms with Crippen LogP contribution < -0.4 is 9.64 Å². The number of ether oxygens (including phenoxy) is 2. The number of benzene rings is 2. The van der Waals surface area contributed by atoms with Gasteiger partial charge in [-0.1, -0.05) is 51.0 Å². The van der Waals surface area contributed by atoms with Crippen LogP contribution in [0.2, 0.25) is 0 Å². The summed E-state index contributed by atoms with van der Waals surface area (Å²) in [4.78, 5) is 31.0. The summed E-state index contributed by atoms with van der Waals surface area (Å²) < 4.78 is 40.1. The molecule has 3 saturated heterocycles. The Kier molecular flexibility index (Phi) is 13.6. The van der Waals surface area contributed by atoms with Crippen molar-refractivity contribution >= 4 is 17.6 Å². The topological polar surface area (TPSA) is 82.6 Å². The standard InChI is InChI=1S/C28H39F2N3O3.C7H8O.C3H8O/c1-18-14-32(27(36)28(30)17-33(15-19(28)2)22-5-3-4-6-22)16-24(18)23-8-7-21(29)13-25(23)31-11-9-20(10-12-31)26(34)35;1-8-7-5-3-2-4-6-7;1-3-4-2/h7-8,13,18-20,22,24H,3-6,9-12,14-17H2,1-2H3,(H,34,35);2-6H,1H3;3H2,1-2H3/t18-,19+,24?,28-;;/m0../s1. The van der Waals surface area contributed by atoms with Crippen LogP contribution in [-0.2, 0) is 14.3 Å². The Morgan fingerprint density at radius 1 is 0.958 bits per heavy atom. The summed E-state index contributed by atoms with van der Waals surface area (Å²) in [6, 6.07) is 14.9. The minimum atomic E-state index is -1.86. The normalized spacial score (nSPS) is 26.4. The molecular weight excluding hydrogens is 616 g/mol. The zero-order chi connectivity index (χ0) is 34.8. The number of hydrogen-bond donors (Lipinski definition) is 1. The summed E-state index contributed by atoms with van der Waals surface area (Å²) in [7, 11) is 3.34. The third kappa shape index (κ3) is 9.05. The van der Waals surface area contributed by atoms with Crippen LogP contribution in [0.5, 0.6) is 5.75 Å². The van der Waals surface area contributed by atoms with E-state index in [9.17, 15) is 19.1 Å². The quantitative estimate of drug-likeness (QED) is 0.354. The Morgan fingerprint density at radius 3 is 2.17 bits per heavy atom. The number of piperidine rings is 1. The fourth-order valence-electron chi connectivity index (χ4n) is 7.67. The fourth-order valence-corrected chi connectivity index (χ4v) is 7.67. The Hall–Kier alpha value is -3.24. The highest BCUT2D eigenvalue weighted by molar-refractivity contribution is 5.87. The Morgan fingerprint density at radius 2 is 1.60 bits per heavy atom. The van der Waals surface area contributed by atoms with Gasteiger partial charge in [0.15, 0.2) is 0 Å². The summed E-state index contributed by atoms with van der Waals surface area (Å²) in [5, 5.41) is 9.34. The molecule has 2 aromatic rings.